The molecule has 0 saturated carbocycles. The number of nitrogens with zero attached hydrogens (tertiary/aromatic N) is 2. The average molecular weight is 490 g/mol. The summed E-state index contributed by atoms with van der Waals surface area (Å²) in [4.78, 5) is 42.3. The number of carbonyl (C=O) groups is 3. The first-order chi connectivity index (χ1) is 16.7. The lowest BCUT2D eigenvalue weighted by molar-refractivity contribution is -0.135. The van der Waals surface area contributed by atoms with Crippen LogP contribution in [0.5, 0.6) is 5.75 Å². The third kappa shape index (κ3) is 6.73. The molecule has 3 atom stereocenters. The van der Waals surface area contributed by atoms with Gasteiger partial charge < -0.3 is 29.3 Å². The molecule has 2 aliphatic heterocycles. The molecule has 2 aliphatic rings. The summed E-state index contributed by atoms with van der Waals surface area (Å²) in [6.07, 6.45) is 1.52. The zero-order valence-corrected chi connectivity index (χ0v) is 21.5. The van der Waals surface area contributed by atoms with Crippen LogP contribution in [0, 0.1) is 11.8 Å². The Labute approximate surface area is 208 Å². The van der Waals surface area contributed by atoms with Gasteiger partial charge in [-0.15, -0.1) is 0 Å². The Morgan fingerprint density at radius 3 is 2.54 bits per heavy atom. The van der Waals surface area contributed by atoms with Gasteiger partial charge in [-0.25, -0.2) is 0 Å². The Hall–Kier alpha value is -2.65. The third-order valence-electron chi connectivity index (χ3n) is 6.93. The molecule has 0 bridgehead atoms. The minimum absolute atomic E-state index is 0.0113. The molecule has 0 spiro atoms. The van der Waals surface area contributed by atoms with E-state index in [9.17, 15) is 14.4 Å². The van der Waals surface area contributed by atoms with Gasteiger partial charge in [-0.05, 0) is 38.0 Å². The van der Waals surface area contributed by atoms with Gasteiger partial charge in [0, 0.05) is 64.4 Å². The molecule has 1 saturated heterocycles. The van der Waals surface area contributed by atoms with Crippen molar-refractivity contribution in [1.29, 1.82) is 0 Å². The van der Waals surface area contributed by atoms with Crippen LogP contribution in [-0.4, -0.2) is 86.7 Å². The van der Waals surface area contributed by atoms with Crippen LogP contribution in [0.1, 0.15) is 50.4 Å². The first kappa shape index (κ1) is 26.9. The van der Waals surface area contributed by atoms with Gasteiger partial charge in [-0.3, -0.25) is 14.4 Å². The van der Waals surface area contributed by atoms with Crippen LogP contribution in [0.15, 0.2) is 18.2 Å². The molecule has 0 unspecified atom stereocenters. The van der Waals surface area contributed by atoms with Crippen molar-refractivity contribution < 1.29 is 28.6 Å². The van der Waals surface area contributed by atoms with Crippen LogP contribution in [-0.2, 0) is 19.1 Å². The number of fused-ring (bicyclic) bond motifs is 1. The smallest absolute Gasteiger partial charge is 0.257 e. The van der Waals surface area contributed by atoms with Gasteiger partial charge in [0.15, 0.2) is 0 Å². The quantitative estimate of drug-likeness (QED) is 0.699. The van der Waals surface area contributed by atoms with Crippen molar-refractivity contribution in [3.05, 3.63) is 23.8 Å². The van der Waals surface area contributed by atoms with Gasteiger partial charge in [0.05, 0.1) is 17.7 Å². The van der Waals surface area contributed by atoms with Crippen LogP contribution < -0.4 is 10.1 Å². The van der Waals surface area contributed by atoms with Gasteiger partial charge in [0.2, 0.25) is 11.8 Å². The van der Waals surface area contributed by atoms with Crippen LogP contribution in [0.25, 0.3) is 0 Å². The Bertz CT molecular complexity index is 901. The van der Waals surface area contributed by atoms with E-state index in [4.69, 9.17) is 14.2 Å². The zero-order chi connectivity index (χ0) is 25.5. The number of ether oxygens (including phenoxy) is 3. The van der Waals surface area contributed by atoms with E-state index >= 15 is 0 Å². The molecule has 3 amide bonds. The van der Waals surface area contributed by atoms with E-state index < -0.39 is 0 Å². The molecule has 9 nitrogen and oxygen atoms in total. The topological polar surface area (TPSA) is 97.4 Å². The number of hydrogen-bond acceptors (Lipinski definition) is 6. The summed E-state index contributed by atoms with van der Waals surface area (Å²) in [7, 11) is 3.35. The molecule has 0 radical (unpaired) electrons. The number of rotatable bonds is 4. The Balaban J connectivity index is 1.90. The number of anilines is 1. The molecule has 0 aromatic heterocycles. The second kappa shape index (κ2) is 12.4. The second-order valence-electron chi connectivity index (χ2n) is 9.58. The monoisotopic (exact) mass is 489 g/mol. The summed E-state index contributed by atoms with van der Waals surface area (Å²) in [6, 6.07) is 4.94. The van der Waals surface area contributed by atoms with Gasteiger partial charge >= 0.3 is 0 Å². The predicted molar refractivity (Wildman–Crippen MR) is 132 cm³/mol. The largest absolute Gasteiger partial charge is 0.491 e. The van der Waals surface area contributed by atoms with Gasteiger partial charge in [-0.1, -0.05) is 13.8 Å². The molecule has 1 aromatic rings. The maximum atomic E-state index is 13.5. The summed E-state index contributed by atoms with van der Waals surface area (Å²) in [5, 5.41) is 2.95. The maximum absolute atomic E-state index is 13.5. The lowest BCUT2D eigenvalue weighted by Gasteiger charge is -2.36. The lowest BCUT2D eigenvalue weighted by atomic mass is 9.99. The van der Waals surface area contributed by atoms with Gasteiger partial charge in [0.1, 0.15) is 12.4 Å². The number of amides is 3. The molecule has 3 rings (SSSR count). The molecule has 2 heterocycles. The van der Waals surface area contributed by atoms with Crippen molar-refractivity contribution in [3.63, 3.8) is 0 Å². The van der Waals surface area contributed by atoms with Crippen molar-refractivity contribution in [2.45, 2.75) is 52.2 Å². The molecule has 9 heteroatoms. The van der Waals surface area contributed by atoms with Crippen molar-refractivity contribution in [1.82, 2.24) is 9.80 Å². The van der Waals surface area contributed by atoms with Crippen LogP contribution in [0.4, 0.5) is 5.69 Å². The summed E-state index contributed by atoms with van der Waals surface area (Å²) < 4.78 is 17.2. The predicted octanol–water partition coefficient (Wildman–Crippen LogP) is 2.79. The number of carbonyl (C=O) groups excluding carboxylic acids is 3. The summed E-state index contributed by atoms with van der Waals surface area (Å²) in [6.45, 7) is 8.10. The van der Waals surface area contributed by atoms with Crippen molar-refractivity contribution in [2.75, 3.05) is 52.4 Å². The van der Waals surface area contributed by atoms with E-state index in [1.165, 1.54) is 0 Å². The highest BCUT2D eigenvalue weighted by Gasteiger charge is 2.30. The van der Waals surface area contributed by atoms with E-state index in [0.29, 0.717) is 62.6 Å². The fraction of sp³-hybridized carbons (Fsp3) is 0.654. The number of benzene rings is 1. The van der Waals surface area contributed by atoms with Crippen LogP contribution in [0.2, 0.25) is 0 Å². The highest BCUT2D eigenvalue weighted by Crippen LogP contribution is 2.27. The molecule has 1 aromatic carbocycles. The molecular weight excluding hydrogens is 450 g/mol. The number of likely N-dealkylation sites (N-methyl/N-ethyl adjacent to an activating group) is 1. The van der Waals surface area contributed by atoms with Gasteiger partial charge in [0.25, 0.3) is 5.91 Å². The SMILES string of the molecule is CCC(=O)N1C[C@@H](C)[C@H](OC)CN(C)C(=O)c2cc(NC(=O)C3CCOCC3)ccc2OC[C@@H]1C. The zero-order valence-electron chi connectivity index (χ0n) is 21.5. The Morgan fingerprint density at radius 1 is 1.17 bits per heavy atom. The minimum atomic E-state index is -0.247. The third-order valence-corrected chi connectivity index (χ3v) is 6.93. The van der Waals surface area contributed by atoms with E-state index in [0.717, 1.165) is 0 Å². The average Bonchev–Trinajstić information content (AvgIpc) is 2.88. The number of nitrogens with one attached hydrogen (secondary N) is 1. The van der Waals surface area contributed by atoms with Gasteiger partial charge in [-0.2, -0.15) is 0 Å². The van der Waals surface area contributed by atoms with E-state index in [2.05, 4.69) is 5.32 Å². The second-order valence-corrected chi connectivity index (χ2v) is 9.58. The number of methoxy groups -OCH3 is 1. The molecular formula is C26H39N3O6. The van der Waals surface area contributed by atoms with Crippen LogP contribution >= 0.6 is 0 Å². The minimum Gasteiger partial charge on any atom is -0.491 e. The first-order valence-electron chi connectivity index (χ1n) is 12.5. The summed E-state index contributed by atoms with van der Waals surface area (Å²) >= 11 is 0. The van der Waals surface area contributed by atoms with Crippen molar-refractivity contribution in [2.24, 2.45) is 11.8 Å². The van der Waals surface area contributed by atoms with Crippen molar-refractivity contribution in [3.8, 4) is 5.75 Å². The molecule has 1 N–H and O–H groups in total. The molecule has 194 valence electrons. The highest BCUT2D eigenvalue weighted by atomic mass is 16.5. The standard InChI is InChI=1S/C26H39N3O6/c1-6-24(30)29-14-17(2)23(33-5)15-28(4)26(32)21-13-20(7-8-22(21)35-16-18(29)3)27-25(31)19-9-11-34-12-10-19/h7-8,13,17-19,23H,6,9-12,14-16H2,1-5H3,(H,27,31)/t17-,18+,23-/m1/s1. The Morgan fingerprint density at radius 2 is 1.89 bits per heavy atom. The fourth-order valence-corrected chi connectivity index (χ4v) is 4.61. The maximum Gasteiger partial charge on any atom is 0.257 e. The summed E-state index contributed by atoms with van der Waals surface area (Å²) in [5.41, 5.74) is 0.908. The molecule has 35 heavy (non-hydrogen) atoms. The van der Waals surface area contributed by atoms with Crippen LogP contribution in [0.3, 0.4) is 0 Å². The molecule has 0 aliphatic carbocycles. The molecule has 1 fully saturated rings. The van der Waals surface area contributed by atoms with Crippen molar-refractivity contribution >= 4 is 23.4 Å². The lowest BCUT2D eigenvalue weighted by Crippen LogP contribution is -2.48. The van der Waals surface area contributed by atoms with E-state index in [-0.39, 0.29) is 48.3 Å². The van der Waals surface area contributed by atoms with E-state index in [1.54, 1.807) is 37.3 Å². The van der Waals surface area contributed by atoms with E-state index in [1.807, 2.05) is 25.7 Å². The first-order valence-corrected chi connectivity index (χ1v) is 12.5. The fourth-order valence-electron chi connectivity index (χ4n) is 4.61. The number of hydrogen-bond donors (Lipinski definition) is 1. The normalized spacial score (nSPS) is 24.6. The highest BCUT2D eigenvalue weighted by molar-refractivity contribution is 5.99. The summed E-state index contributed by atoms with van der Waals surface area (Å²) in [5.74, 6) is 0.0910. The Kier molecular flexibility index (Phi) is 9.51.